The third-order valence-electron chi connectivity index (χ3n) is 3.38. The van der Waals surface area contributed by atoms with Gasteiger partial charge >= 0.3 is 0 Å². The number of aromatic nitrogens is 1. The van der Waals surface area contributed by atoms with E-state index in [1.165, 1.54) is 0 Å². The second-order valence-electron chi connectivity index (χ2n) is 4.82. The molecule has 0 aliphatic carbocycles. The summed E-state index contributed by atoms with van der Waals surface area (Å²) in [6.45, 7) is 2.97. The van der Waals surface area contributed by atoms with Crippen molar-refractivity contribution in [1.82, 2.24) is 15.2 Å². The van der Waals surface area contributed by atoms with Crippen LogP contribution >= 0.6 is 11.6 Å². The number of likely N-dealkylation sites (tertiary alicyclic amines) is 1. The van der Waals surface area contributed by atoms with E-state index in [2.05, 4.69) is 22.2 Å². The van der Waals surface area contributed by atoms with Gasteiger partial charge in [0.25, 0.3) is 5.91 Å². The topological polar surface area (TPSA) is 45.2 Å². The zero-order valence-electron chi connectivity index (χ0n) is 10.5. The predicted molar refractivity (Wildman–Crippen MR) is 71.8 cm³/mol. The Morgan fingerprint density at radius 3 is 2.94 bits per heavy atom. The minimum Gasteiger partial charge on any atom is -0.352 e. The number of hydrogen-bond donors (Lipinski definition) is 1. The summed E-state index contributed by atoms with van der Waals surface area (Å²) in [5.41, 5.74) is 0.572. The summed E-state index contributed by atoms with van der Waals surface area (Å²) in [6, 6.07) is 3.27. The van der Waals surface area contributed by atoms with Crippen molar-refractivity contribution in [2.24, 2.45) is 5.92 Å². The Kier molecular flexibility index (Phi) is 4.55. The lowest BCUT2D eigenvalue weighted by Crippen LogP contribution is -2.36. The first kappa shape index (κ1) is 13.3. The van der Waals surface area contributed by atoms with Gasteiger partial charge in [0, 0.05) is 18.3 Å². The average molecular weight is 268 g/mol. The summed E-state index contributed by atoms with van der Waals surface area (Å²) < 4.78 is 0. The van der Waals surface area contributed by atoms with Crippen LogP contribution < -0.4 is 5.32 Å². The van der Waals surface area contributed by atoms with Gasteiger partial charge in [0.1, 0.15) is 5.15 Å². The minimum atomic E-state index is -0.0711. The molecule has 0 saturated carbocycles. The van der Waals surface area contributed by atoms with E-state index in [9.17, 15) is 4.79 Å². The van der Waals surface area contributed by atoms with Crippen molar-refractivity contribution in [2.75, 3.05) is 26.7 Å². The van der Waals surface area contributed by atoms with Crippen LogP contribution in [-0.2, 0) is 0 Å². The third kappa shape index (κ3) is 3.68. The first-order chi connectivity index (χ1) is 8.65. The molecule has 98 valence electrons. The number of pyridine rings is 1. The third-order valence-corrected chi connectivity index (χ3v) is 3.58. The number of halogens is 1. The Bertz CT molecular complexity index is 416. The maximum Gasteiger partial charge on any atom is 0.251 e. The van der Waals surface area contributed by atoms with E-state index in [4.69, 9.17) is 11.6 Å². The molecule has 1 saturated heterocycles. The fourth-order valence-electron chi connectivity index (χ4n) is 2.15. The molecule has 0 spiro atoms. The molecule has 0 atom stereocenters. The Labute approximate surface area is 112 Å². The Balaban J connectivity index is 1.81. The number of nitrogens with zero attached hydrogens (tertiary/aromatic N) is 2. The van der Waals surface area contributed by atoms with Crippen molar-refractivity contribution in [2.45, 2.75) is 12.8 Å². The normalized spacial score (nSPS) is 17.7. The van der Waals surface area contributed by atoms with Gasteiger partial charge in [-0.3, -0.25) is 4.79 Å². The standard InChI is InChI=1S/C13H18ClN3O/c1-17-6-3-10(4-7-17)9-16-13(18)11-2-5-15-12(14)8-11/h2,5,8,10H,3-4,6-7,9H2,1H3,(H,16,18). The highest BCUT2D eigenvalue weighted by molar-refractivity contribution is 6.29. The van der Waals surface area contributed by atoms with Crippen LogP contribution in [0.5, 0.6) is 0 Å². The second-order valence-corrected chi connectivity index (χ2v) is 5.21. The molecule has 1 aromatic heterocycles. The molecule has 18 heavy (non-hydrogen) atoms. The molecule has 4 nitrogen and oxygen atoms in total. The van der Waals surface area contributed by atoms with Crippen molar-refractivity contribution < 1.29 is 4.79 Å². The highest BCUT2D eigenvalue weighted by atomic mass is 35.5. The van der Waals surface area contributed by atoms with Crippen molar-refractivity contribution in [1.29, 1.82) is 0 Å². The first-order valence-electron chi connectivity index (χ1n) is 6.23. The van der Waals surface area contributed by atoms with E-state index in [0.717, 1.165) is 32.5 Å². The zero-order valence-corrected chi connectivity index (χ0v) is 11.3. The molecule has 2 heterocycles. The average Bonchev–Trinajstić information content (AvgIpc) is 2.38. The smallest absolute Gasteiger partial charge is 0.251 e. The van der Waals surface area contributed by atoms with Crippen LogP contribution in [0.25, 0.3) is 0 Å². The monoisotopic (exact) mass is 267 g/mol. The number of carbonyl (C=O) groups excluding carboxylic acids is 1. The largest absolute Gasteiger partial charge is 0.352 e. The van der Waals surface area contributed by atoms with Gasteiger partial charge < -0.3 is 10.2 Å². The van der Waals surface area contributed by atoms with E-state index >= 15 is 0 Å². The molecule has 0 aromatic carbocycles. The lowest BCUT2D eigenvalue weighted by atomic mass is 9.97. The van der Waals surface area contributed by atoms with Crippen molar-refractivity contribution in [3.63, 3.8) is 0 Å². The molecular weight excluding hydrogens is 250 g/mol. The molecular formula is C13H18ClN3O. The van der Waals surface area contributed by atoms with E-state index in [-0.39, 0.29) is 5.91 Å². The molecule has 5 heteroatoms. The number of carbonyl (C=O) groups is 1. The van der Waals surface area contributed by atoms with Gasteiger partial charge in [-0.1, -0.05) is 11.6 Å². The quantitative estimate of drug-likeness (QED) is 0.850. The van der Waals surface area contributed by atoms with Crippen LogP contribution in [0.2, 0.25) is 5.15 Å². The van der Waals surface area contributed by atoms with Crippen molar-refractivity contribution in [3.8, 4) is 0 Å². The lowest BCUT2D eigenvalue weighted by molar-refractivity contribution is 0.0939. The van der Waals surface area contributed by atoms with Crippen molar-refractivity contribution >= 4 is 17.5 Å². The predicted octanol–water partition coefficient (Wildman–Crippen LogP) is 1.81. The molecule has 1 aliphatic rings. The molecule has 1 aromatic rings. The Morgan fingerprint density at radius 1 is 1.56 bits per heavy atom. The Hall–Kier alpha value is -1.13. The summed E-state index contributed by atoms with van der Waals surface area (Å²) in [5, 5.41) is 3.32. The van der Waals surface area contributed by atoms with Crippen LogP contribution in [0.4, 0.5) is 0 Å². The second kappa shape index (κ2) is 6.16. The van der Waals surface area contributed by atoms with E-state index in [0.29, 0.717) is 16.6 Å². The van der Waals surface area contributed by atoms with Gasteiger partial charge in [0.2, 0.25) is 0 Å². The van der Waals surface area contributed by atoms with E-state index < -0.39 is 0 Å². The number of piperidine rings is 1. The molecule has 0 bridgehead atoms. The van der Waals surface area contributed by atoms with Gasteiger partial charge in [0.15, 0.2) is 0 Å². The number of rotatable bonds is 3. The zero-order chi connectivity index (χ0) is 13.0. The molecule has 0 radical (unpaired) electrons. The molecule has 1 amide bonds. The highest BCUT2D eigenvalue weighted by Gasteiger charge is 2.17. The maximum atomic E-state index is 11.9. The molecule has 0 unspecified atom stereocenters. The van der Waals surface area contributed by atoms with Crippen LogP contribution in [-0.4, -0.2) is 42.5 Å². The van der Waals surface area contributed by atoms with E-state index in [1.807, 2.05) is 0 Å². The van der Waals surface area contributed by atoms with Crippen LogP contribution in [0.15, 0.2) is 18.3 Å². The molecule has 2 rings (SSSR count). The molecule has 1 aliphatic heterocycles. The highest BCUT2D eigenvalue weighted by Crippen LogP contribution is 2.15. The van der Waals surface area contributed by atoms with Gasteiger partial charge in [0.05, 0.1) is 0 Å². The summed E-state index contributed by atoms with van der Waals surface area (Å²) in [4.78, 5) is 18.1. The lowest BCUT2D eigenvalue weighted by Gasteiger charge is -2.28. The fourth-order valence-corrected chi connectivity index (χ4v) is 2.32. The summed E-state index contributed by atoms with van der Waals surface area (Å²) in [7, 11) is 2.13. The minimum absolute atomic E-state index is 0.0711. The van der Waals surface area contributed by atoms with Crippen LogP contribution in [0.3, 0.4) is 0 Å². The Morgan fingerprint density at radius 2 is 2.28 bits per heavy atom. The summed E-state index contributed by atoms with van der Waals surface area (Å²) in [5.74, 6) is 0.515. The SMILES string of the molecule is CN1CCC(CNC(=O)c2ccnc(Cl)c2)CC1. The number of amides is 1. The van der Waals surface area contributed by atoms with Gasteiger partial charge in [-0.25, -0.2) is 4.98 Å². The van der Waals surface area contributed by atoms with Crippen molar-refractivity contribution in [3.05, 3.63) is 29.0 Å². The van der Waals surface area contributed by atoms with Gasteiger partial charge in [-0.15, -0.1) is 0 Å². The summed E-state index contributed by atoms with van der Waals surface area (Å²) in [6.07, 6.45) is 3.84. The summed E-state index contributed by atoms with van der Waals surface area (Å²) >= 11 is 5.76. The fraction of sp³-hybridized carbons (Fsp3) is 0.538. The van der Waals surface area contributed by atoms with Crippen LogP contribution in [0.1, 0.15) is 23.2 Å². The maximum absolute atomic E-state index is 11.9. The van der Waals surface area contributed by atoms with Gasteiger partial charge in [-0.2, -0.15) is 0 Å². The molecule has 1 N–H and O–H groups in total. The van der Waals surface area contributed by atoms with Crippen LogP contribution in [0, 0.1) is 5.92 Å². The molecule has 1 fully saturated rings. The number of nitrogens with one attached hydrogen (secondary N) is 1. The van der Waals surface area contributed by atoms with E-state index in [1.54, 1.807) is 18.3 Å². The number of hydrogen-bond acceptors (Lipinski definition) is 3. The first-order valence-corrected chi connectivity index (χ1v) is 6.61. The van der Waals surface area contributed by atoms with Gasteiger partial charge in [-0.05, 0) is 51.0 Å².